The molecule has 0 radical (unpaired) electrons. The van der Waals surface area contributed by atoms with Gasteiger partial charge in [0, 0.05) is 24.2 Å². The molecule has 3 rings (SSSR count). The molecule has 2 N–H and O–H groups in total. The van der Waals surface area contributed by atoms with Crippen molar-refractivity contribution in [2.24, 2.45) is 0 Å². The number of hydrogen-bond donors (Lipinski definition) is 2. The van der Waals surface area contributed by atoms with Crippen LogP contribution in [0.1, 0.15) is 25.0 Å². The number of nitrogens with one attached hydrogen (secondary N) is 1. The van der Waals surface area contributed by atoms with Crippen molar-refractivity contribution >= 4 is 23.2 Å². The molecule has 0 bridgehead atoms. The Bertz CT molecular complexity index is 739. The predicted molar refractivity (Wildman–Crippen MR) is 94.4 cm³/mol. The van der Waals surface area contributed by atoms with Gasteiger partial charge in [-0.3, -0.25) is 9.59 Å². The highest BCUT2D eigenvalue weighted by atomic mass is 32.1. The number of carbonyl (C=O) groups is 2. The molecule has 1 fully saturated rings. The Morgan fingerprint density at radius 3 is 2.64 bits per heavy atom. The summed E-state index contributed by atoms with van der Waals surface area (Å²) in [6.07, 6.45) is 1.08. The number of carboxylic acid groups (broad SMARTS) is 1. The highest BCUT2D eigenvalue weighted by Gasteiger charge is 2.36. The standard InChI is InChI=1S/C18H20N2O4S/c21-15(20-18(11-16(22)23)6-8-24-9-7-18)10-14-12-25-17(19-14)13-4-2-1-3-5-13/h1-5,12H,6-11H2,(H,20,21)(H,22,23). The quantitative estimate of drug-likeness (QED) is 0.826. The zero-order valence-electron chi connectivity index (χ0n) is 13.7. The minimum atomic E-state index is -0.915. The molecule has 2 heterocycles. The fourth-order valence-corrected chi connectivity index (χ4v) is 3.83. The summed E-state index contributed by atoms with van der Waals surface area (Å²) in [4.78, 5) is 28.1. The number of aliphatic carboxylic acids is 1. The first kappa shape index (κ1) is 17.6. The van der Waals surface area contributed by atoms with Crippen molar-refractivity contribution < 1.29 is 19.4 Å². The molecule has 7 heteroatoms. The summed E-state index contributed by atoms with van der Waals surface area (Å²) in [7, 11) is 0. The van der Waals surface area contributed by atoms with E-state index in [1.807, 2.05) is 35.7 Å². The first-order valence-electron chi connectivity index (χ1n) is 8.17. The summed E-state index contributed by atoms with van der Waals surface area (Å²) in [5.41, 5.74) is 0.990. The lowest BCUT2D eigenvalue weighted by atomic mass is 9.86. The van der Waals surface area contributed by atoms with Crippen LogP contribution < -0.4 is 5.32 Å². The zero-order chi connectivity index (χ0) is 17.7. The molecule has 1 aromatic heterocycles. The molecule has 1 aliphatic rings. The van der Waals surface area contributed by atoms with Gasteiger partial charge in [0.1, 0.15) is 5.01 Å². The molecule has 1 aliphatic heterocycles. The summed E-state index contributed by atoms with van der Waals surface area (Å²) in [5.74, 6) is -1.12. The maximum Gasteiger partial charge on any atom is 0.305 e. The monoisotopic (exact) mass is 360 g/mol. The second kappa shape index (κ2) is 7.76. The Morgan fingerprint density at radius 2 is 1.96 bits per heavy atom. The van der Waals surface area contributed by atoms with Gasteiger partial charge in [0.25, 0.3) is 0 Å². The van der Waals surface area contributed by atoms with Crippen LogP contribution in [0.15, 0.2) is 35.7 Å². The van der Waals surface area contributed by atoms with Crippen molar-refractivity contribution in [3.8, 4) is 10.6 Å². The molecule has 1 saturated heterocycles. The second-order valence-corrected chi connectivity index (χ2v) is 7.06. The summed E-state index contributed by atoms with van der Waals surface area (Å²) in [6.45, 7) is 0.921. The van der Waals surface area contributed by atoms with Gasteiger partial charge in [0.2, 0.25) is 5.91 Å². The van der Waals surface area contributed by atoms with Crippen molar-refractivity contribution in [1.82, 2.24) is 10.3 Å². The summed E-state index contributed by atoms with van der Waals surface area (Å²) < 4.78 is 5.30. The van der Waals surface area contributed by atoms with Gasteiger partial charge in [-0.1, -0.05) is 30.3 Å². The van der Waals surface area contributed by atoms with Gasteiger partial charge in [0.05, 0.1) is 24.1 Å². The van der Waals surface area contributed by atoms with E-state index < -0.39 is 11.5 Å². The number of amides is 1. The Morgan fingerprint density at radius 1 is 1.24 bits per heavy atom. The van der Waals surface area contributed by atoms with Crippen LogP contribution in [0.3, 0.4) is 0 Å². The van der Waals surface area contributed by atoms with E-state index in [0.717, 1.165) is 10.6 Å². The number of benzene rings is 1. The zero-order valence-corrected chi connectivity index (χ0v) is 14.6. The van der Waals surface area contributed by atoms with Gasteiger partial charge in [0.15, 0.2) is 0 Å². The molecule has 25 heavy (non-hydrogen) atoms. The van der Waals surface area contributed by atoms with E-state index in [9.17, 15) is 9.59 Å². The average molecular weight is 360 g/mol. The van der Waals surface area contributed by atoms with E-state index in [4.69, 9.17) is 9.84 Å². The normalized spacial score (nSPS) is 16.3. The van der Waals surface area contributed by atoms with Crippen LogP contribution in [-0.2, 0) is 20.7 Å². The number of nitrogens with zero attached hydrogens (tertiary/aromatic N) is 1. The first-order chi connectivity index (χ1) is 12.1. The highest BCUT2D eigenvalue weighted by Crippen LogP contribution is 2.26. The molecule has 6 nitrogen and oxygen atoms in total. The van der Waals surface area contributed by atoms with E-state index in [1.54, 1.807) is 0 Å². The molecule has 132 valence electrons. The Hall–Kier alpha value is -2.25. The van der Waals surface area contributed by atoms with E-state index in [-0.39, 0.29) is 18.7 Å². The average Bonchev–Trinajstić information content (AvgIpc) is 3.04. The van der Waals surface area contributed by atoms with Crippen LogP contribution in [0.25, 0.3) is 10.6 Å². The van der Waals surface area contributed by atoms with Crippen molar-refractivity contribution in [1.29, 1.82) is 0 Å². The van der Waals surface area contributed by atoms with Gasteiger partial charge >= 0.3 is 5.97 Å². The number of carbonyl (C=O) groups excluding carboxylic acids is 1. The molecule has 0 atom stereocenters. The highest BCUT2D eigenvalue weighted by molar-refractivity contribution is 7.13. The molecule has 0 aliphatic carbocycles. The van der Waals surface area contributed by atoms with E-state index >= 15 is 0 Å². The maximum atomic E-state index is 12.4. The molecule has 1 amide bonds. The fraction of sp³-hybridized carbons (Fsp3) is 0.389. The predicted octanol–water partition coefficient (Wildman–Crippen LogP) is 2.49. The number of aromatic nitrogens is 1. The van der Waals surface area contributed by atoms with Crippen LogP contribution in [0.2, 0.25) is 0 Å². The van der Waals surface area contributed by atoms with E-state index in [2.05, 4.69) is 10.3 Å². The number of thiazole rings is 1. The topological polar surface area (TPSA) is 88.5 Å². The second-order valence-electron chi connectivity index (χ2n) is 6.20. The largest absolute Gasteiger partial charge is 0.481 e. The molecular weight excluding hydrogens is 340 g/mol. The maximum absolute atomic E-state index is 12.4. The lowest BCUT2D eigenvalue weighted by Crippen LogP contribution is -2.53. The van der Waals surface area contributed by atoms with Crippen LogP contribution >= 0.6 is 11.3 Å². The molecule has 0 saturated carbocycles. The van der Waals surface area contributed by atoms with Gasteiger partial charge in [-0.15, -0.1) is 11.3 Å². The molecule has 2 aromatic rings. The van der Waals surface area contributed by atoms with Gasteiger partial charge in [-0.25, -0.2) is 4.98 Å². The molecule has 0 spiro atoms. The first-order valence-corrected chi connectivity index (χ1v) is 9.05. The Kier molecular flexibility index (Phi) is 5.45. The third kappa shape index (κ3) is 4.64. The smallest absolute Gasteiger partial charge is 0.305 e. The SMILES string of the molecule is O=C(O)CC1(NC(=O)Cc2csc(-c3ccccc3)n2)CCOCC1. The number of hydrogen-bond acceptors (Lipinski definition) is 5. The minimum absolute atomic E-state index is 0.0889. The van der Waals surface area contributed by atoms with Crippen molar-refractivity contribution in [3.05, 3.63) is 41.4 Å². The van der Waals surface area contributed by atoms with Crippen molar-refractivity contribution in [3.63, 3.8) is 0 Å². The lowest BCUT2D eigenvalue weighted by Gasteiger charge is -2.36. The van der Waals surface area contributed by atoms with Crippen LogP contribution in [-0.4, -0.2) is 40.7 Å². The third-order valence-electron chi connectivity index (χ3n) is 4.26. The van der Waals surface area contributed by atoms with E-state index in [0.29, 0.717) is 31.7 Å². The summed E-state index contributed by atoms with van der Waals surface area (Å²) in [5, 5.41) is 14.8. The summed E-state index contributed by atoms with van der Waals surface area (Å²) in [6, 6.07) is 9.80. The number of ether oxygens (including phenoxy) is 1. The Balaban J connectivity index is 1.65. The number of carboxylic acids is 1. The Labute approximate surface area is 149 Å². The van der Waals surface area contributed by atoms with Crippen molar-refractivity contribution in [2.45, 2.75) is 31.2 Å². The van der Waals surface area contributed by atoms with Crippen molar-refractivity contribution in [2.75, 3.05) is 13.2 Å². The fourth-order valence-electron chi connectivity index (χ4n) is 3.00. The lowest BCUT2D eigenvalue weighted by molar-refractivity contribution is -0.140. The van der Waals surface area contributed by atoms with Crippen LogP contribution in [0.5, 0.6) is 0 Å². The van der Waals surface area contributed by atoms with Gasteiger partial charge in [-0.05, 0) is 12.8 Å². The number of rotatable bonds is 6. The minimum Gasteiger partial charge on any atom is -0.481 e. The summed E-state index contributed by atoms with van der Waals surface area (Å²) >= 11 is 1.50. The molecule has 1 aromatic carbocycles. The molecular formula is C18H20N2O4S. The van der Waals surface area contributed by atoms with Crippen LogP contribution in [0, 0.1) is 0 Å². The van der Waals surface area contributed by atoms with Gasteiger partial charge < -0.3 is 15.2 Å². The third-order valence-corrected chi connectivity index (χ3v) is 5.20. The van der Waals surface area contributed by atoms with Crippen LogP contribution in [0.4, 0.5) is 0 Å². The molecule has 0 unspecified atom stereocenters. The van der Waals surface area contributed by atoms with E-state index in [1.165, 1.54) is 11.3 Å². The van der Waals surface area contributed by atoms with Gasteiger partial charge in [-0.2, -0.15) is 0 Å².